The van der Waals surface area contributed by atoms with Gasteiger partial charge in [0.1, 0.15) is 5.75 Å². The predicted octanol–water partition coefficient (Wildman–Crippen LogP) is 4.69. The Balaban J connectivity index is 2.32. The Hall–Kier alpha value is -1.07. The van der Waals surface area contributed by atoms with Gasteiger partial charge in [0.25, 0.3) is 0 Å². The summed E-state index contributed by atoms with van der Waals surface area (Å²) < 4.78 is 6.22. The fourth-order valence-corrected chi connectivity index (χ4v) is 2.83. The highest BCUT2D eigenvalue weighted by molar-refractivity contribution is 14.1. The van der Waals surface area contributed by atoms with E-state index in [-0.39, 0.29) is 5.78 Å². The lowest BCUT2D eigenvalue weighted by atomic mass is 10.0. The smallest absolute Gasteiger partial charge is 0.168 e. The van der Waals surface area contributed by atoms with E-state index in [1.807, 2.05) is 31.2 Å². The van der Waals surface area contributed by atoms with Crippen molar-refractivity contribution in [3.8, 4) is 5.75 Å². The van der Waals surface area contributed by atoms with E-state index in [1.54, 1.807) is 19.2 Å². The van der Waals surface area contributed by atoms with E-state index in [4.69, 9.17) is 16.3 Å². The molecule has 0 aliphatic heterocycles. The van der Waals surface area contributed by atoms with Gasteiger partial charge < -0.3 is 4.74 Å². The van der Waals surface area contributed by atoms with Crippen LogP contribution in [0.2, 0.25) is 5.02 Å². The first-order valence-electron chi connectivity index (χ1n) is 6.13. The van der Waals surface area contributed by atoms with Gasteiger partial charge in [-0.15, -0.1) is 0 Å². The number of halogens is 2. The molecule has 0 atom stereocenters. The number of hydrogen-bond acceptors (Lipinski definition) is 2. The van der Waals surface area contributed by atoms with Gasteiger partial charge in [-0.3, -0.25) is 4.79 Å². The first kappa shape index (κ1) is 15.3. The largest absolute Gasteiger partial charge is 0.496 e. The maximum Gasteiger partial charge on any atom is 0.168 e. The summed E-state index contributed by atoms with van der Waals surface area (Å²) >= 11 is 8.12. The van der Waals surface area contributed by atoms with Crippen molar-refractivity contribution >= 4 is 40.0 Å². The molecule has 104 valence electrons. The second kappa shape index (κ2) is 6.59. The van der Waals surface area contributed by atoms with Gasteiger partial charge in [-0.25, -0.2) is 0 Å². The van der Waals surface area contributed by atoms with Crippen molar-refractivity contribution < 1.29 is 9.53 Å². The van der Waals surface area contributed by atoms with Gasteiger partial charge in [0.2, 0.25) is 0 Å². The van der Waals surface area contributed by atoms with E-state index in [0.717, 1.165) is 20.4 Å². The van der Waals surface area contributed by atoms with Crippen LogP contribution in [0.25, 0.3) is 0 Å². The Morgan fingerprint density at radius 1 is 1.25 bits per heavy atom. The second-order valence-corrected chi connectivity index (χ2v) is 6.14. The number of ketones is 1. The summed E-state index contributed by atoms with van der Waals surface area (Å²) in [7, 11) is 1.61. The summed E-state index contributed by atoms with van der Waals surface area (Å²) in [5.74, 6) is 0.779. The van der Waals surface area contributed by atoms with Crippen molar-refractivity contribution in [3.05, 3.63) is 61.7 Å². The summed E-state index contributed by atoms with van der Waals surface area (Å²) in [6.45, 7) is 2.00. The zero-order valence-corrected chi connectivity index (χ0v) is 14.2. The van der Waals surface area contributed by atoms with E-state index >= 15 is 0 Å². The number of aryl methyl sites for hydroxylation is 1. The van der Waals surface area contributed by atoms with E-state index in [0.29, 0.717) is 17.0 Å². The third-order valence-corrected chi connectivity index (χ3v) is 4.19. The van der Waals surface area contributed by atoms with Gasteiger partial charge in [-0.1, -0.05) is 29.3 Å². The first-order valence-corrected chi connectivity index (χ1v) is 7.58. The summed E-state index contributed by atoms with van der Waals surface area (Å²) in [4.78, 5) is 12.4. The third-order valence-electron chi connectivity index (χ3n) is 3.02. The maximum absolute atomic E-state index is 12.4. The lowest BCUT2D eigenvalue weighted by molar-refractivity contribution is 0.0991. The van der Waals surface area contributed by atoms with E-state index in [9.17, 15) is 4.79 Å². The van der Waals surface area contributed by atoms with Crippen LogP contribution in [0.5, 0.6) is 5.75 Å². The van der Waals surface area contributed by atoms with Crippen LogP contribution < -0.4 is 4.74 Å². The van der Waals surface area contributed by atoms with E-state index < -0.39 is 0 Å². The molecule has 0 unspecified atom stereocenters. The zero-order valence-electron chi connectivity index (χ0n) is 11.2. The molecule has 2 rings (SSSR count). The van der Waals surface area contributed by atoms with Crippen molar-refractivity contribution in [2.75, 3.05) is 7.11 Å². The highest BCUT2D eigenvalue weighted by Gasteiger charge is 2.14. The highest BCUT2D eigenvalue weighted by Crippen LogP contribution is 2.24. The average Bonchev–Trinajstić information content (AvgIpc) is 2.41. The zero-order chi connectivity index (χ0) is 14.7. The molecule has 4 heteroatoms. The number of carbonyl (C=O) groups is 1. The van der Waals surface area contributed by atoms with Crippen LogP contribution in [0.15, 0.2) is 36.4 Å². The number of benzene rings is 2. The Morgan fingerprint density at radius 3 is 2.70 bits per heavy atom. The number of rotatable bonds is 4. The Kier molecular flexibility index (Phi) is 5.05. The van der Waals surface area contributed by atoms with Gasteiger partial charge in [0.05, 0.1) is 7.11 Å². The van der Waals surface area contributed by atoms with Crippen molar-refractivity contribution in [1.82, 2.24) is 0 Å². The van der Waals surface area contributed by atoms with Crippen LogP contribution in [-0.4, -0.2) is 12.9 Å². The Bertz CT molecular complexity index is 653. The molecule has 2 aromatic carbocycles. The summed E-state index contributed by atoms with van der Waals surface area (Å²) in [5, 5.41) is 0.574. The van der Waals surface area contributed by atoms with Crippen molar-refractivity contribution in [1.29, 1.82) is 0 Å². The van der Waals surface area contributed by atoms with E-state index in [2.05, 4.69) is 22.6 Å². The molecule has 0 amide bonds. The van der Waals surface area contributed by atoms with Gasteiger partial charge in [0.15, 0.2) is 5.78 Å². The van der Waals surface area contributed by atoms with Crippen LogP contribution in [0.1, 0.15) is 21.5 Å². The third kappa shape index (κ3) is 3.52. The SMILES string of the molecule is COc1ccc(C)cc1CC(=O)c1cc(Cl)ccc1I. The van der Waals surface area contributed by atoms with Gasteiger partial charge in [0, 0.05) is 26.1 Å². The normalized spacial score (nSPS) is 10.4. The number of Topliss-reactive ketones (excluding diaryl/α,β-unsaturated/α-hetero) is 1. The molecule has 2 nitrogen and oxygen atoms in total. The molecule has 0 aliphatic rings. The van der Waals surface area contributed by atoms with Gasteiger partial charge in [-0.2, -0.15) is 0 Å². The quantitative estimate of drug-likeness (QED) is 0.550. The highest BCUT2D eigenvalue weighted by atomic mass is 127. The van der Waals surface area contributed by atoms with Crippen molar-refractivity contribution in [2.24, 2.45) is 0 Å². The Labute approximate surface area is 137 Å². The minimum absolute atomic E-state index is 0.0424. The summed E-state index contributed by atoms with van der Waals surface area (Å²) in [6, 6.07) is 11.2. The first-order chi connectivity index (χ1) is 9.51. The van der Waals surface area contributed by atoms with Crippen LogP contribution >= 0.6 is 34.2 Å². The molecule has 0 bridgehead atoms. The van der Waals surface area contributed by atoms with Crippen LogP contribution in [0, 0.1) is 10.5 Å². The number of methoxy groups -OCH3 is 1. The molecule has 0 spiro atoms. The maximum atomic E-state index is 12.4. The summed E-state index contributed by atoms with van der Waals surface area (Å²) in [6.07, 6.45) is 0.307. The fraction of sp³-hybridized carbons (Fsp3) is 0.188. The second-order valence-electron chi connectivity index (χ2n) is 4.54. The minimum Gasteiger partial charge on any atom is -0.496 e. The molecule has 20 heavy (non-hydrogen) atoms. The minimum atomic E-state index is 0.0424. The molecule has 0 N–H and O–H groups in total. The average molecular weight is 401 g/mol. The number of ether oxygens (including phenoxy) is 1. The number of hydrogen-bond donors (Lipinski definition) is 0. The van der Waals surface area contributed by atoms with Gasteiger partial charge in [-0.05, 0) is 53.8 Å². The molecule has 0 saturated heterocycles. The van der Waals surface area contributed by atoms with Gasteiger partial charge >= 0.3 is 0 Å². The fourth-order valence-electron chi connectivity index (χ4n) is 2.02. The monoisotopic (exact) mass is 400 g/mol. The molecule has 0 aromatic heterocycles. The molecule has 2 aromatic rings. The number of carbonyl (C=O) groups excluding carboxylic acids is 1. The molecule has 0 heterocycles. The van der Waals surface area contributed by atoms with Crippen molar-refractivity contribution in [2.45, 2.75) is 13.3 Å². The topological polar surface area (TPSA) is 26.3 Å². The molecule has 0 saturated carbocycles. The summed E-state index contributed by atoms with van der Waals surface area (Å²) in [5.41, 5.74) is 2.66. The van der Waals surface area contributed by atoms with Crippen LogP contribution in [-0.2, 0) is 6.42 Å². The van der Waals surface area contributed by atoms with Crippen molar-refractivity contribution in [3.63, 3.8) is 0 Å². The molecular weight excluding hydrogens is 387 g/mol. The van der Waals surface area contributed by atoms with E-state index in [1.165, 1.54) is 0 Å². The van der Waals surface area contributed by atoms with Crippen LogP contribution in [0.3, 0.4) is 0 Å². The lowest BCUT2D eigenvalue weighted by Gasteiger charge is -2.10. The molecule has 0 fully saturated rings. The lowest BCUT2D eigenvalue weighted by Crippen LogP contribution is -2.07. The Morgan fingerprint density at radius 2 is 2.00 bits per heavy atom. The molecule has 0 radical (unpaired) electrons. The predicted molar refractivity (Wildman–Crippen MR) is 89.9 cm³/mol. The van der Waals surface area contributed by atoms with Crippen LogP contribution in [0.4, 0.5) is 0 Å². The molecular formula is C16H14ClIO2. The standard InChI is InChI=1S/C16H14ClIO2/c1-10-3-6-16(20-2)11(7-10)8-15(19)13-9-12(17)4-5-14(13)18/h3-7,9H,8H2,1-2H3. The molecule has 0 aliphatic carbocycles.